The van der Waals surface area contributed by atoms with Gasteiger partial charge in [0.05, 0.1) is 13.2 Å². The topological polar surface area (TPSA) is 41.6 Å². The number of likely N-dealkylation sites (tertiary alicyclic amines) is 1. The summed E-state index contributed by atoms with van der Waals surface area (Å²) < 4.78 is 5.36. The second kappa shape index (κ2) is 5.36. The number of ether oxygens (including phenoxy) is 1. The number of morpholine rings is 1. The smallest absolute Gasteiger partial charge is 0.242 e. The Morgan fingerprint density at radius 3 is 2.76 bits per heavy atom. The van der Waals surface area contributed by atoms with Crippen molar-refractivity contribution >= 4 is 5.91 Å². The molecule has 4 nitrogen and oxygen atoms in total. The molecule has 0 saturated carbocycles. The number of amides is 1. The highest BCUT2D eigenvalue weighted by Crippen LogP contribution is 2.37. The number of nitrogens with zero attached hydrogens (tertiary/aromatic N) is 1. The van der Waals surface area contributed by atoms with Crippen LogP contribution < -0.4 is 5.32 Å². The molecule has 0 aromatic heterocycles. The van der Waals surface area contributed by atoms with Crippen molar-refractivity contribution in [1.82, 2.24) is 10.2 Å². The second-order valence-corrected chi connectivity index (χ2v) is 5.30. The molecule has 4 heteroatoms. The Labute approximate surface area is 104 Å². The lowest BCUT2D eigenvalue weighted by Crippen LogP contribution is -2.52. The number of rotatable bonds is 3. The lowest BCUT2D eigenvalue weighted by atomic mass is 9.82. The van der Waals surface area contributed by atoms with Gasteiger partial charge in [-0.1, -0.05) is 13.8 Å². The normalized spacial score (nSPS) is 28.4. The molecule has 0 bridgehead atoms. The third kappa shape index (κ3) is 2.63. The Bertz CT molecular complexity index is 271. The van der Waals surface area contributed by atoms with E-state index in [2.05, 4.69) is 19.2 Å². The zero-order chi connectivity index (χ0) is 12.3. The molecule has 1 N–H and O–H groups in total. The lowest BCUT2D eigenvalue weighted by Gasteiger charge is -2.30. The van der Waals surface area contributed by atoms with Crippen molar-refractivity contribution in [2.75, 3.05) is 32.8 Å². The van der Waals surface area contributed by atoms with E-state index in [1.54, 1.807) is 0 Å². The van der Waals surface area contributed by atoms with Crippen LogP contribution in [0.5, 0.6) is 0 Å². The van der Waals surface area contributed by atoms with Crippen LogP contribution in [0.2, 0.25) is 0 Å². The summed E-state index contributed by atoms with van der Waals surface area (Å²) in [5.74, 6) is 0.230. The van der Waals surface area contributed by atoms with E-state index in [0.717, 1.165) is 32.7 Å². The predicted molar refractivity (Wildman–Crippen MR) is 66.8 cm³/mol. The van der Waals surface area contributed by atoms with Crippen LogP contribution in [0.25, 0.3) is 0 Å². The van der Waals surface area contributed by atoms with E-state index >= 15 is 0 Å². The van der Waals surface area contributed by atoms with E-state index in [4.69, 9.17) is 4.74 Å². The van der Waals surface area contributed by atoms with Crippen LogP contribution in [0.3, 0.4) is 0 Å². The molecule has 2 saturated heterocycles. The quantitative estimate of drug-likeness (QED) is 0.800. The van der Waals surface area contributed by atoms with Gasteiger partial charge in [0.2, 0.25) is 5.91 Å². The summed E-state index contributed by atoms with van der Waals surface area (Å²) in [6, 6.07) is -0.117. The van der Waals surface area contributed by atoms with Gasteiger partial charge < -0.3 is 15.0 Å². The third-order valence-electron chi connectivity index (χ3n) is 4.47. The van der Waals surface area contributed by atoms with Gasteiger partial charge in [0.1, 0.15) is 6.04 Å². The number of carbonyl (C=O) groups is 1. The molecular formula is C13H24N2O2. The summed E-state index contributed by atoms with van der Waals surface area (Å²) >= 11 is 0. The van der Waals surface area contributed by atoms with Gasteiger partial charge in [-0.2, -0.15) is 0 Å². The van der Waals surface area contributed by atoms with Crippen molar-refractivity contribution in [3.8, 4) is 0 Å². The minimum atomic E-state index is -0.117. The number of hydrogen-bond acceptors (Lipinski definition) is 3. The first-order chi connectivity index (χ1) is 8.21. The number of carbonyl (C=O) groups excluding carboxylic acids is 1. The highest BCUT2D eigenvalue weighted by atomic mass is 16.5. The van der Waals surface area contributed by atoms with Crippen LogP contribution in [0.15, 0.2) is 0 Å². The molecule has 2 aliphatic heterocycles. The molecule has 2 aliphatic rings. The van der Waals surface area contributed by atoms with Gasteiger partial charge in [0, 0.05) is 19.6 Å². The fourth-order valence-electron chi connectivity index (χ4n) is 2.89. The van der Waals surface area contributed by atoms with Gasteiger partial charge in [0.25, 0.3) is 0 Å². The molecule has 2 rings (SSSR count). The van der Waals surface area contributed by atoms with Crippen molar-refractivity contribution in [3.63, 3.8) is 0 Å². The Morgan fingerprint density at radius 2 is 2.24 bits per heavy atom. The van der Waals surface area contributed by atoms with Crippen LogP contribution in [0, 0.1) is 5.41 Å². The molecule has 2 heterocycles. The van der Waals surface area contributed by atoms with Crippen LogP contribution in [0.4, 0.5) is 0 Å². The average Bonchev–Trinajstić information content (AvgIpc) is 2.84. The first-order valence-electron chi connectivity index (χ1n) is 6.81. The molecule has 0 aromatic rings. The number of hydrogen-bond donors (Lipinski definition) is 1. The standard InChI is InChI=1S/C13H24N2O2/c1-3-13(4-2)5-7-15(10-13)12(16)11-9-17-8-6-14-11/h11,14H,3-10H2,1-2H3. The molecule has 2 fully saturated rings. The summed E-state index contributed by atoms with van der Waals surface area (Å²) in [6.45, 7) is 8.35. The van der Waals surface area contributed by atoms with Gasteiger partial charge >= 0.3 is 0 Å². The van der Waals surface area contributed by atoms with Gasteiger partial charge in [0.15, 0.2) is 0 Å². The zero-order valence-corrected chi connectivity index (χ0v) is 11.0. The first kappa shape index (κ1) is 12.8. The average molecular weight is 240 g/mol. The third-order valence-corrected chi connectivity index (χ3v) is 4.47. The highest BCUT2D eigenvalue weighted by Gasteiger charge is 2.39. The van der Waals surface area contributed by atoms with E-state index in [9.17, 15) is 4.79 Å². The van der Waals surface area contributed by atoms with Crippen LogP contribution in [0.1, 0.15) is 33.1 Å². The summed E-state index contributed by atoms with van der Waals surface area (Å²) in [5.41, 5.74) is 0.366. The summed E-state index contributed by atoms with van der Waals surface area (Å²) in [6.07, 6.45) is 3.49. The summed E-state index contributed by atoms with van der Waals surface area (Å²) in [4.78, 5) is 14.3. The molecule has 0 radical (unpaired) electrons. The van der Waals surface area contributed by atoms with Gasteiger partial charge in [-0.15, -0.1) is 0 Å². The Kier molecular flexibility index (Phi) is 4.05. The Morgan fingerprint density at radius 1 is 1.47 bits per heavy atom. The molecule has 1 unspecified atom stereocenters. The van der Waals surface area contributed by atoms with Crippen molar-refractivity contribution < 1.29 is 9.53 Å². The van der Waals surface area contributed by atoms with Crippen molar-refractivity contribution in [2.45, 2.75) is 39.2 Å². The molecular weight excluding hydrogens is 216 g/mol. The van der Waals surface area contributed by atoms with Gasteiger partial charge in [-0.05, 0) is 24.7 Å². The highest BCUT2D eigenvalue weighted by molar-refractivity contribution is 5.82. The zero-order valence-electron chi connectivity index (χ0n) is 11.0. The maximum Gasteiger partial charge on any atom is 0.242 e. The molecule has 1 amide bonds. The van der Waals surface area contributed by atoms with Crippen molar-refractivity contribution in [1.29, 1.82) is 0 Å². The summed E-state index contributed by atoms with van der Waals surface area (Å²) in [5, 5.41) is 3.24. The fourth-order valence-corrected chi connectivity index (χ4v) is 2.89. The maximum atomic E-state index is 12.3. The van der Waals surface area contributed by atoms with Crippen molar-refractivity contribution in [3.05, 3.63) is 0 Å². The Balaban J connectivity index is 1.93. The molecule has 0 aromatic carbocycles. The predicted octanol–water partition coefficient (Wildman–Crippen LogP) is 1.01. The van der Waals surface area contributed by atoms with E-state index < -0.39 is 0 Å². The molecule has 0 spiro atoms. The largest absolute Gasteiger partial charge is 0.378 e. The van der Waals surface area contributed by atoms with E-state index in [1.807, 2.05) is 4.90 Å². The van der Waals surface area contributed by atoms with Crippen molar-refractivity contribution in [2.24, 2.45) is 5.41 Å². The SMILES string of the molecule is CCC1(CC)CCN(C(=O)C2COCCN2)C1. The maximum absolute atomic E-state index is 12.3. The molecule has 0 aliphatic carbocycles. The van der Waals surface area contributed by atoms with Crippen LogP contribution in [-0.4, -0.2) is 49.7 Å². The lowest BCUT2D eigenvalue weighted by molar-refractivity contribution is -0.135. The van der Waals surface area contributed by atoms with E-state index in [0.29, 0.717) is 12.0 Å². The van der Waals surface area contributed by atoms with Crippen LogP contribution in [-0.2, 0) is 9.53 Å². The molecule has 17 heavy (non-hydrogen) atoms. The van der Waals surface area contributed by atoms with Gasteiger partial charge in [-0.3, -0.25) is 4.79 Å². The Hall–Kier alpha value is -0.610. The monoisotopic (exact) mass is 240 g/mol. The van der Waals surface area contributed by atoms with E-state index in [-0.39, 0.29) is 11.9 Å². The van der Waals surface area contributed by atoms with Crippen LogP contribution >= 0.6 is 0 Å². The second-order valence-electron chi connectivity index (χ2n) is 5.30. The molecule has 1 atom stereocenters. The van der Waals surface area contributed by atoms with Gasteiger partial charge in [-0.25, -0.2) is 0 Å². The van der Waals surface area contributed by atoms with E-state index in [1.165, 1.54) is 12.8 Å². The fraction of sp³-hybridized carbons (Fsp3) is 0.923. The minimum absolute atomic E-state index is 0.117. The summed E-state index contributed by atoms with van der Waals surface area (Å²) in [7, 11) is 0. The first-order valence-corrected chi connectivity index (χ1v) is 6.81. The minimum Gasteiger partial charge on any atom is -0.378 e. The molecule has 98 valence electrons. The number of nitrogens with one attached hydrogen (secondary N) is 1.